The van der Waals surface area contributed by atoms with E-state index in [1.165, 1.54) is 36.3 Å². The number of methoxy groups -OCH3 is 1. The molecule has 0 aliphatic rings. The van der Waals surface area contributed by atoms with E-state index in [1.807, 2.05) is 0 Å². The molecule has 0 aromatic heterocycles. The molecule has 3 N–H and O–H groups in total. The van der Waals surface area contributed by atoms with E-state index in [4.69, 9.17) is 4.74 Å². The van der Waals surface area contributed by atoms with Crippen LogP contribution in [-0.4, -0.2) is 77.2 Å². The standard InChI is InChI=1S/C15H23N3O6S/c1-18(2)14(20)9-16-15(21)11-5-4-6-13(7-11)25(22,23)17-8-12(19)10-24-3/h4-7,12,17,19H,8-10H2,1-3H3,(H,16,21). The lowest BCUT2D eigenvalue weighted by Gasteiger charge is -2.13. The average molecular weight is 373 g/mol. The highest BCUT2D eigenvalue weighted by atomic mass is 32.2. The molecule has 0 aliphatic heterocycles. The summed E-state index contributed by atoms with van der Waals surface area (Å²) in [5.74, 6) is -0.849. The van der Waals surface area contributed by atoms with Gasteiger partial charge in [0.15, 0.2) is 0 Å². The topological polar surface area (TPSA) is 125 Å². The highest BCUT2D eigenvalue weighted by Crippen LogP contribution is 2.11. The molecule has 1 aromatic carbocycles. The minimum Gasteiger partial charge on any atom is -0.389 e. The Balaban J connectivity index is 2.79. The number of nitrogens with one attached hydrogen (secondary N) is 2. The van der Waals surface area contributed by atoms with Crippen molar-refractivity contribution in [1.29, 1.82) is 0 Å². The van der Waals surface area contributed by atoms with E-state index < -0.39 is 22.0 Å². The Hall–Kier alpha value is -2.01. The zero-order valence-corrected chi connectivity index (χ0v) is 15.2. The van der Waals surface area contributed by atoms with Crippen LogP contribution in [-0.2, 0) is 19.6 Å². The third-order valence-electron chi connectivity index (χ3n) is 3.17. The molecule has 25 heavy (non-hydrogen) atoms. The van der Waals surface area contributed by atoms with Crippen molar-refractivity contribution in [2.45, 2.75) is 11.0 Å². The van der Waals surface area contributed by atoms with Gasteiger partial charge in [0.1, 0.15) is 0 Å². The van der Waals surface area contributed by atoms with E-state index in [2.05, 4.69) is 10.0 Å². The summed E-state index contributed by atoms with van der Waals surface area (Å²) in [4.78, 5) is 24.7. The van der Waals surface area contributed by atoms with Crippen LogP contribution in [0.3, 0.4) is 0 Å². The minimum absolute atomic E-state index is 0.00906. The number of carbonyl (C=O) groups excluding carboxylic acids is 2. The number of ether oxygens (including phenoxy) is 1. The lowest BCUT2D eigenvalue weighted by molar-refractivity contribution is -0.127. The van der Waals surface area contributed by atoms with Crippen LogP contribution in [0, 0.1) is 0 Å². The number of aliphatic hydroxyl groups excluding tert-OH is 1. The Kier molecular flexibility index (Phi) is 7.97. The Morgan fingerprint density at radius 3 is 2.60 bits per heavy atom. The molecule has 0 heterocycles. The number of sulfonamides is 1. The lowest BCUT2D eigenvalue weighted by atomic mass is 10.2. The van der Waals surface area contributed by atoms with E-state index >= 15 is 0 Å². The van der Waals surface area contributed by atoms with Gasteiger partial charge in [0.2, 0.25) is 15.9 Å². The maximum absolute atomic E-state index is 12.2. The van der Waals surface area contributed by atoms with Crippen molar-refractivity contribution in [3.63, 3.8) is 0 Å². The van der Waals surface area contributed by atoms with E-state index in [0.717, 1.165) is 0 Å². The number of rotatable bonds is 9. The summed E-state index contributed by atoms with van der Waals surface area (Å²) in [6.45, 7) is -0.418. The van der Waals surface area contributed by atoms with Crippen molar-refractivity contribution >= 4 is 21.8 Å². The van der Waals surface area contributed by atoms with Crippen LogP contribution >= 0.6 is 0 Å². The molecule has 0 saturated heterocycles. The first kappa shape index (κ1) is 21.0. The Morgan fingerprint density at radius 1 is 1.32 bits per heavy atom. The molecule has 1 rings (SSSR count). The molecular formula is C15H23N3O6S. The number of aliphatic hydroxyl groups is 1. The molecule has 0 radical (unpaired) electrons. The fraction of sp³-hybridized carbons (Fsp3) is 0.467. The van der Waals surface area contributed by atoms with Crippen LogP contribution in [0.25, 0.3) is 0 Å². The van der Waals surface area contributed by atoms with Gasteiger partial charge in [-0.25, -0.2) is 13.1 Å². The number of amides is 2. The van der Waals surface area contributed by atoms with Gasteiger partial charge in [0.05, 0.1) is 24.2 Å². The SMILES string of the molecule is COCC(O)CNS(=O)(=O)c1cccc(C(=O)NCC(=O)N(C)C)c1. The van der Waals surface area contributed by atoms with Gasteiger partial charge in [-0.15, -0.1) is 0 Å². The van der Waals surface area contributed by atoms with Gasteiger partial charge in [-0.05, 0) is 18.2 Å². The Morgan fingerprint density at radius 2 is 2.00 bits per heavy atom. The van der Waals surface area contributed by atoms with E-state index in [9.17, 15) is 23.1 Å². The summed E-state index contributed by atoms with van der Waals surface area (Å²) in [7, 11) is 0.616. The van der Waals surface area contributed by atoms with Crippen molar-refractivity contribution in [2.24, 2.45) is 0 Å². The molecule has 2 amide bonds. The fourth-order valence-corrected chi connectivity index (χ4v) is 2.88. The third kappa shape index (κ3) is 6.78. The molecule has 1 aromatic rings. The Bertz CT molecular complexity index is 705. The largest absolute Gasteiger partial charge is 0.389 e. The van der Waals surface area contributed by atoms with Crippen LogP contribution < -0.4 is 10.0 Å². The van der Waals surface area contributed by atoms with Crippen LogP contribution in [0.2, 0.25) is 0 Å². The van der Waals surface area contributed by atoms with Gasteiger partial charge in [-0.2, -0.15) is 0 Å². The van der Waals surface area contributed by atoms with Gasteiger partial charge in [-0.3, -0.25) is 9.59 Å². The molecule has 9 nitrogen and oxygen atoms in total. The van der Waals surface area contributed by atoms with Crippen molar-refractivity contribution in [3.8, 4) is 0 Å². The third-order valence-corrected chi connectivity index (χ3v) is 4.59. The number of benzene rings is 1. The molecule has 140 valence electrons. The zero-order valence-electron chi connectivity index (χ0n) is 14.4. The van der Waals surface area contributed by atoms with Gasteiger partial charge in [0.25, 0.3) is 5.91 Å². The molecule has 1 unspecified atom stereocenters. The molecular weight excluding hydrogens is 350 g/mol. The summed E-state index contributed by atoms with van der Waals surface area (Å²) in [5, 5.41) is 11.9. The summed E-state index contributed by atoms with van der Waals surface area (Å²) in [6.07, 6.45) is -0.983. The summed E-state index contributed by atoms with van der Waals surface area (Å²) < 4.78 is 31.4. The van der Waals surface area contributed by atoms with E-state index in [1.54, 1.807) is 14.1 Å². The second-order valence-corrected chi connectivity index (χ2v) is 7.23. The molecule has 0 fully saturated rings. The van der Waals surface area contributed by atoms with Gasteiger partial charge in [0, 0.05) is 33.3 Å². The molecule has 0 spiro atoms. The van der Waals surface area contributed by atoms with Crippen molar-refractivity contribution in [3.05, 3.63) is 29.8 Å². The number of hydrogen-bond acceptors (Lipinski definition) is 6. The molecule has 1 atom stereocenters. The molecule has 10 heteroatoms. The summed E-state index contributed by atoms with van der Waals surface area (Å²) in [5.41, 5.74) is 0.104. The second-order valence-electron chi connectivity index (χ2n) is 5.46. The predicted octanol–water partition coefficient (Wildman–Crippen LogP) is -1.21. The normalized spacial score (nSPS) is 12.5. The van der Waals surface area contributed by atoms with Crippen molar-refractivity contribution < 1.29 is 27.9 Å². The van der Waals surface area contributed by atoms with Crippen molar-refractivity contribution in [1.82, 2.24) is 14.9 Å². The first-order valence-electron chi connectivity index (χ1n) is 7.42. The number of hydrogen-bond donors (Lipinski definition) is 3. The van der Waals surface area contributed by atoms with E-state index in [0.29, 0.717) is 0 Å². The van der Waals surface area contributed by atoms with Crippen LogP contribution in [0.1, 0.15) is 10.4 Å². The molecule has 0 bridgehead atoms. The molecule has 0 saturated carbocycles. The molecule has 0 aliphatic carbocycles. The Labute approximate surface area is 147 Å². The smallest absolute Gasteiger partial charge is 0.251 e. The zero-order chi connectivity index (χ0) is 19.0. The van der Waals surface area contributed by atoms with Crippen LogP contribution in [0.5, 0.6) is 0 Å². The van der Waals surface area contributed by atoms with Crippen molar-refractivity contribution in [2.75, 3.05) is 40.9 Å². The highest BCUT2D eigenvalue weighted by Gasteiger charge is 2.18. The number of likely N-dealkylation sites (N-methyl/N-ethyl adjacent to an activating group) is 1. The van der Waals surface area contributed by atoms with Gasteiger partial charge < -0.3 is 20.1 Å². The van der Waals surface area contributed by atoms with Crippen LogP contribution in [0.15, 0.2) is 29.2 Å². The summed E-state index contributed by atoms with van der Waals surface area (Å²) >= 11 is 0. The summed E-state index contributed by atoms with van der Waals surface area (Å²) in [6, 6.07) is 5.38. The van der Waals surface area contributed by atoms with Crippen LogP contribution in [0.4, 0.5) is 0 Å². The number of nitrogens with zero attached hydrogens (tertiary/aromatic N) is 1. The minimum atomic E-state index is -3.90. The fourth-order valence-electron chi connectivity index (χ4n) is 1.76. The quantitative estimate of drug-likeness (QED) is 0.499. The van der Waals surface area contributed by atoms with Gasteiger partial charge in [-0.1, -0.05) is 6.07 Å². The maximum atomic E-state index is 12.2. The maximum Gasteiger partial charge on any atom is 0.251 e. The van der Waals surface area contributed by atoms with E-state index in [-0.39, 0.29) is 36.1 Å². The first-order chi connectivity index (χ1) is 11.7. The second kappa shape index (κ2) is 9.47. The monoisotopic (exact) mass is 373 g/mol. The first-order valence-corrected chi connectivity index (χ1v) is 8.90. The average Bonchev–Trinajstić information content (AvgIpc) is 2.58. The number of carbonyl (C=O) groups is 2. The highest BCUT2D eigenvalue weighted by molar-refractivity contribution is 7.89. The predicted molar refractivity (Wildman–Crippen MR) is 90.5 cm³/mol. The lowest BCUT2D eigenvalue weighted by Crippen LogP contribution is -2.36. The van der Waals surface area contributed by atoms with Gasteiger partial charge >= 0.3 is 0 Å².